The Hall–Kier alpha value is -1.50. The minimum Gasteiger partial charge on any atom is -0.394 e. The summed E-state index contributed by atoms with van der Waals surface area (Å²) in [4.78, 5) is 10.1. The number of thioether (sulfide) groups is 1. The van der Waals surface area contributed by atoms with Gasteiger partial charge in [-0.1, -0.05) is 55.3 Å². The van der Waals surface area contributed by atoms with Crippen molar-refractivity contribution in [2.75, 3.05) is 5.32 Å². The highest BCUT2D eigenvalue weighted by molar-refractivity contribution is 8.11. The molecule has 0 amide bonds. The first-order chi connectivity index (χ1) is 12.5. The van der Waals surface area contributed by atoms with E-state index in [1.54, 1.807) is 35.4 Å². The van der Waals surface area contributed by atoms with Crippen molar-refractivity contribution in [2.24, 2.45) is 5.73 Å². The van der Waals surface area contributed by atoms with Gasteiger partial charge in [0.15, 0.2) is 5.13 Å². The smallest absolute Gasteiger partial charge is 0.188 e. The van der Waals surface area contributed by atoms with Gasteiger partial charge in [-0.2, -0.15) is 0 Å². The van der Waals surface area contributed by atoms with Crippen molar-refractivity contribution in [3.05, 3.63) is 51.1 Å². The highest BCUT2D eigenvalue weighted by Crippen LogP contribution is 2.37. The molecular weight excluding hydrogens is 384 g/mol. The summed E-state index contributed by atoms with van der Waals surface area (Å²) >= 11 is 9.04. The Balaban J connectivity index is 2.23. The van der Waals surface area contributed by atoms with Gasteiger partial charge in [0.1, 0.15) is 5.82 Å². The highest BCUT2D eigenvalue weighted by atomic mass is 35.5. The molecule has 0 aliphatic heterocycles. The maximum atomic E-state index is 6.16. The van der Waals surface area contributed by atoms with E-state index in [0.29, 0.717) is 5.02 Å². The van der Waals surface area contributed by atoms with E-state index >= 15 is 0 Å². The summed E-state index contributed by atoms with van der Waals surface area (Å²) < 4.78 is 0. The molecule has 2 rings (SSSR count). The van der Waals surface area contributed by atoms with Crippen LogP contribution in [-0.4, -0.2) is 9.97 Å². The summed E-state index contributed by atoms with van der Waals surface area (Å²) in [6.07, 6.45) is 7.97. The van der Waals surface area contributed by atoms with E-state index in [2.05, 4.69) is 36.5 Å². The Morgan fingerprint density at radius 3 is 2.85 bits per heavy atom. The van der Waals surface area contributed by atoms with Gasteiger partial charge in [0.05, 0.1) is 15.7 Å². The highest BCUT2D eigenvalue weighted by Gasteiger charge is 2.13. The second kappa shape index (κ2) is 10.6. The number of aromatic nitrogens is 2. The van der Waals surface area contributed by atoms with E-state index in [9.17, 15) is 0 Å². The zero-order valence-corrected chi connectivity index (χ0v) is 17.8. The van der Waals surface area contributed by atoms with Crippen LogP contribution in [0.5, 0.6) is 0 Å². The summed E-state index contributed by atoms with van der Waals surface area (Å²) in [5.74, 6) is 0.724. The molecule has 0 aliphatic carbocycles. The quantitative estimate of drug-likeness (QED) is 0.477. The van der Waals surface area contributed by atoms with Gasteiger partial charge in [-0.15, -0.1) is 11.3 Å². The number of nitrogens with one attached hydrogen (secondary N) is 1. The molecule has 2 aromatic rings. The number of nitrogens with zero attached hydrogens (tertiary/aromatic N) is 2. The molecule has 4 nitrogen and oxygen atoms in total. The number of hydrogen-bond acceptors (Lipinski definition) is 6. The summed E-state index contributed by atoms with van der Waals surface area (Å²) in [6, 6.07) is 3.64. The molecule has 140 valence electrons. The molecular formula is C19H25ClN4S2. The molecule has 0 unspecified atom stereocenters. The van der Waals surface area contributed by atoms with Crippen molar-refractivity contribution in [1.29, 1.82) is 0 Å². The number of nitrogens with two attached hydrogens (primary N) is 1. The lowest BCUT2D eigenvalue weighted by atomic mass is 10.1. The van der Waals surface area contributed by atoms with E-state index in [4.69, 9.17) is 22.3 Å². The lowest BCUT2D eigenvalue weighted by Gasteiger charge is -2.10. The van der Waals surface area contributed by atoms with E-state index in [1.807, 2.05) is 12.1 Å². The third-order valence-corrected chi connectivity index (χ3v) is 5.76. The van der Waals surface area contributed by atoms with E-state index in [-0.39, 0.29) is 0 Å². The Labute approximate surface area is 169 Å². The van der Waals surface area contributed by atoms with Crippen LogP contribution in [0.4, 0.5) is 10.9 Å². The predicted molar refractivity (Wildman–Crippen MR) is 117 cm³/mol. The number of pyridine rings is 1. The molecule has 0 spiro atoms. The van der Waals surface area contributed by atoms with E-state index < -0.39 is 0 Å². The first kappa shape index (κ1) is 20.8. The van der Waals surface area contributed by atoms with Gasteiger partial charge < -0.3 is 11.1 Å². The SMILES string of the molecule is CC/C=C(\N)S/C(=C(\C)CCCC)c1csc(Nc2ccc(Cl)cn2)n1. The van der Waals surface area contributed by atoms with Crippen LogP contribution in [0.1, 0.15) is 52.1 Å². The molecule has 0 saturated heterocycles. The van der Waals surface area contributed by atoms with Gasteiger partial charge in [-0.05, 0) is 38.3 Å². The maximum absolute atomic E-state index is 6.16. The largest absolute Gasteiger partial charge is 0.394 e. The molecule has 26 heavy (non-hydrogen) atoms. The number of hydrogen-bond donors (Lipinski definition) is 2. The number of allylic oxidation sites excluding steroid dienone is 2. The van der Waals surface area contributed by atoms with Crippen LogP contribution >= 0.6 is 34.7 Å². The van der Waals surface area contributed by atoms with Crippen LogP contribution in [-0.2, 0) is 0 Å². The lowest BCUT2D eigenvalue weighted by Crippen LogP contribution is -1.96. The molecule has 2 heterocycles. The number of anilines is 2. The van der Waals surface area contributed by atoms with Gasteiger partial charge in [0.25, 0.3) is 0 Å². The lowest BCUT2D eigenvalue weighted by molar-refractivity contribution is 0.790. The van der Waals surface area contributed by atoms with Gasteiger partial charge >= 0.3 is 0 Å². The first-order valence-electron chi connectivity index (χ1n) is 8.71. The van der Waals surface area contributed by atoms with Crippen LogP contribution in [0.3, 0.4) is 0 Å². The van der Waals surface area contributed by atoms with Crippen molar-refractivity contribution in [3.63, 3.8) is 0 Å². The summed E-state index contributed by atoms with van der Waals surface area (Å²) in [6.45, 7) is 6.46. The zero-order valence-electron chi connectivity index (χ0n) is 15.4. The molecule has 0 radical (unpaired) electrons. The minimum absolute atomic E-state index is 0.613. The molecule has 0 aromatic carbocycles. The van der Waals surface area contributed by atoms with E-state index in [0.717, 1.165) is 45.8 Å². The van der Waals surface area contributed by atoms with Crippen LogP contribution in [0.2, 0.25) is 5.02 Å². The Kier molecular flexibility index (Phi) is 8.48. The Bertz CT molecular complexity index is 766. The number of unbranched alkanes of at least 4 members (excludes halogenated alkanes) is 1. The normalized spacial score (nSPS) is 12.8. The topological polar surface area (TPSA) is 63.8 Å². The molecule has 0 saturated carbocycles. The monoisotopic (exact) mass is 408 g/mol. The van der Waals surface area contributed by atoms with Crippen molar-refractivity contribution in [2.45, 2.75) is 46.5 Å². The van der Waals surface area contributed by atoms with E-state index in [1.165, 1.54) is 12.0 Å². The third kappa shape index (κ3) is 6.34. The number of halogens is 1. The zero-order chi connectivity index (χ0) is 18.9. The van der Waals surface area contributed by atoms with Gasteiger partial charge in [0, 0.05) is 16.5 Å². The molecule has 0 atom stereocenters. The Morgan fingerprint density at radius 2 is 2.19 bits per heavy atom. The molecule has 0 aliphatic rings. The van der Waals surface area contributed by atoms with Crippen molar-refractivity contribution in [3.8, 4) is 0 Å². The maximum Gasteiger partial charge on any atom is 0.188 e. The average molecular weight is 409 g/mol. The summed E-state index contributed by atoms with van der Waals surface area (Å²) in [7, 11) is 0. The van der Waals surface area contributed by atoms with Crippen LogP contribution < -0.4 is 11.1 Å². The van der Waals surface area contributed by atoms with Crippen molar-refractivity contribution in [1.82, 2.24) is 9.97 Å². The molecule has 3 N–H and O–H groups in total. The fourth-order valence-corrected chi connectivity index (χ4v) is 4.13. The molecule has 0 bridgehead atoms. The van der Waals surface area contributed by atoms with Crippen LogP contribution in [0.15, 0.2) is 40.4 Å². The number of thiazole rings is 1. The first-order valence-corrected chi connectivity index (χ1v) is 10.8. The van der Waals surface area contributed by atoms with Crippen molar-refractivity contribution < 1.29 is 0 Å². The van der Waals surface area contributed by atoms with Gasteiger partial charge in [-0.3, -0.25) is 0 Å². The molecule has 0 fully saturated rings. The fraction of sp³-hybridized carbons (Fsp3) is 0.368. The van der Waals surface area contributed by atoms with Gasteiger partial charge in [0.2, 0.25) is 0 Å². The Morgan fingerprint density at radius 1 is 1.38 bits per heavy atom. The number of rotatable bonds is 9. The second-order valence-corrected chi connectivity index (χ2v) is 8.23. The van der Waals surface area contributed by atoms with Crippen LogP contribution in [0, 0.1) is 0 Å². The molecule has 7 heteroatoms. The van der Waals surface area contributed by atoms with Crippen LogP contribution in [0.25, 0.3) is 4.91 Å². The average Bonchev–Trinajstić information content (AvgIpc) is 3.08. The fourth-order valence-electron chi connectivity index (χ4n) is 2.27. The molecule has 2 aromatic heterocycles. The standard InChI is InChI=1S/C19H25ClN4S2/c1-4-6-8-13(3)18(26-16(21)7-5-2)15-12-25-19(23-15)24-17-10-9-14(20)11-22-17/h7,9-12H,4-6,8,21H2,1-3H3,(H,22,23,24)/b16-7+,18-13+. The predicted octanol–water partition coefficient (Wildman–Crippen LogP) is 6.80. The van der Waals surface area contributed by atoms with Gasteiger partial charge in [-0.25, -0.2) is 9.97 Å². The van der Waals surface area contributed by atoms with Crippen molar-refractivity contribution >= 4 is 50.6 Å². The summed E-state index contributed by atoms with van der Waals surface area (Å²) in [5, 5.41) is 7.52. The second-order valence-electron chi connectivity index (χ2n) is 5.85. The minimum atomic E-state index is 0.613. The third-order valence-electron chi connectivity index (χ3n) is 3.62. The summed E-state index contributed by atoms with van der Waals surface area (Å²) in [5.41, 5.74) is 8.44.